The van der Waals surface area contributed by atoms with Crippen LogP contribution in [0.15, 0.2) is 30.3 Å². The second kappa shape index (κ2) is 8.15. The molecule has 0 spiro atoms. The molecule has 2 atom stereocenters. The molecule has 1 aromatic carbocycles. The summed E-state index contributed by atoms with van der Waals surface area (Å²) in [6.07, 6.45) is 3.24. The fourth-order valence-corrected chi connectivity index (χ4v) is 2.84. The Kier molecular flexibility index (Phi) is 6.21. The van der Waals surface area contributed by atoms with Crippen LogP contribution < -0.4 is 5.73 Å². The lowest BCUT2D eigenvalue weighted by atomic mass is 9.96. The molecule has 0 aromatic heterocycles. The molecule has 1 heterocycles. The number of carbonyl (C=O) groups is 1. The van der Waals surface area contributed by atoms with Gasteiger partial charge in [0, 0.05) is 26.2 Å². The number of benzene rings is 1. The van der Waals surface area contributed by atoms with Gasteiger partial charge in [0.1, 0.15) is 0 Å². The summed E-state index contributed by atoms with van der Waals surface area (Å²) in [5.41, 5.74) is 6.85. The molecule has 1 aliphatic rings. The Bertz CT molecular complexity index is 436. The third-order valence-electron chi connectivity index (χ3n) is 3.98. The number of ether oxygens (including phenoxy) is 1. The first kappa shape index (κ1) is 16.0. The number of hydrogen-bond acceptors (Lipinski definition) is 3. The first-order valence-corrected chi connectivity index (χ1v) is 7.91. The van der Waals surface area contributed by atoms with E-state index in [0.717, 1.165) is 38.0 Å². The average Bonchev–Trinajstić information content (AvgIpc) is 2.55. The molecule has 1 amide bonds. The van der Waals surface area contributed by atoms with Gasteiger partial charge in [0.25, 0.3) is 0 Å². The monoisotopic (exact) mass is 290 g/mol. The molecular weight excluding hydrogens is 264 g/mol. The Morgan fingerprint density at radius 1 is 1.43 bits per heavy atom. The largest absolute Gasteiger partial charge is 0.376 e. The standard InChI is InChI=1S/C17H26N2O2/c1-2-11-21-15-9-6-10-19(13-15)17(20)16(12-18)14-7-4-3-5-8-14/h3-5,7-8,15-16H,2,6,9-13,18H2,1H3. The van der Waals surface area contributed by atoms with Crippen LogP contribution in [0.1, 0.15) is 37.7 Å². The number of rotatable bonds is 6. The van der Waals surface area contributed by atoms with Crippen molar-refractivity contribution in [2.24, 2.45) is 5.73 Å². The van der Waals surface area contributed by atoms with Gasteiger partial charge in [-0.25, -0.2) is 0 Å². The van der Waals surface area contributed by atoms with Gasteiger partial charge in [-0.1, -0.05) is 37.3 Å². The zero-order valence-corrected chi connectivity index (χ0v) is 12.8. The normalized spacial score (nSPS) is 20.3. The number of piperidine rings is 1. The maximum Gasteiger partial charge on any atom is 0.231 e. The highest BCUT2D eigenvalue weighted by molar-refractivity contribution is 5.84. The minimum Gasteiger partial charge on any atom is -0.376 e. The smallest absolute Gasteiger partial charge is 0.231 e. The molecule has 1 aromatic rings. The van der Waals surface area contributed by atoms with Gasteiger partial charge >= 0.3 is 0 Å². The predicted octanol–water partition coefficient (Wildman–Crippen LogP) is 2.15. The highest BCUT2D eigenvalue weighted by atomic mass is 16.5. The van der Waals surface area contributed by atoms with Gasteiger partial charge in [-0.2, -0.15) is 0 Å². The van der Waals surface area contributed by atoms with Gasteiger partial charge < -0.3 is 15.4 Å². The lowest BCUT2D eigenvalue weighted by Crippen LogP contribution is -2.46. The molecule has 2 unspecified atom stereocenters. The molecule has 1 saturated heterocycles. The van der Waals surface area contributed by atoms with Crippen LogP contribution >= 0.6 is 0 Å². The Balaban J connectivity index is 2.00. The summed E-state index contributed by atoms with van der Waals surface area (Å²) in [5.74, 6) is -0.107. The fraction of sp³-hybridized carbons (Fsp3) is 0.588. The molecule has 0 aliphatic carbocycles. The second-order valence-electron chi connectivity index (χ2n) is 5.62. The zero-order valence-electron chi connectivity index (χ0n) is 12.8. The predicted molar refractivity (Wildman–Crippen MR) is 84.1 cm³/mol. The van der Waals surface area contributed by atoms with Gasteiger partial charge in [0.15, 0.2) is 0 Å². The van der Waals surface area contributed by atoms with Crippen LogP contribution in [0.4, 0.5) is 0 Å². The Hall–Kier alpha value is -1.39. The van der Waals surface area contributed by atoms with E-state index >= 15 is 0 Å². The Morgan fingerprint density at radius 2 is 2.19 bits per heavy atom. The topological polar surface area (TPSA) is 55.6 Å². The van der Waals surface area contributed by atoms with E-state index in [1.807, 2.05) is 35.2 Å². The van der Waals surface area contributed by atoms with Crippen molar-refractivity contribution in [2.45, 2.75) is 38.2 Å². The van der Waals surface area contributed by atoms with Crippen LogP contribution in [0.3, 0.4) is 0 Å². The maximum atomic E-state index is 12.7. The van der Waals surface area contributed by atoms with E-state index < -0.39 is 0 Å². The van der Waals surface area contributed by atoms with E-state index in [9.17, 15) is 4.79 Å². The van der Waals surface area contributed by atoms with Crippen molar-refractivity contribution in [3.8, 4) is 0 Å². The van der Waals surface area contributed by atoms with Crippen LogP contribution in [-0.2, 0) is 9.53 Å². The van der Waals surface area contributed by atoms with E-state index in [0.29, 0.717) is 13.1 Å². The van der Waals surface area contributed by atoms with Crippen molar-refractivity contribution in [3.63, 3.8) is 0 Å². The Labute approximate surface area is 127 Å². The van der Waals surface area contributed by atoms with E-state index in [2.05, 4.69) is 6.92 Å². The van der Waals surface area contributed by atoms with Crippen molar-refractivity contribution in [1.82, 2.24) is 4.90 Å². The highest BCUT2D eigenvalue weighted by Crippen LogP contribution is 2.21. The van der Waals surface area contributed by atoms with Crippen LogP contribution in [0, 0.1) is 0 Å². The summed E-state index contributed by atoms with van der Waals surface area (Å²) in [7, 11) is 0. The minimum absolute atomic E-state index is 0.133. The molecule has 0 saturated carbocycles. The summed E-state index contributed by atoms with van der Waals surface area (Å²) in [4.78, 5) is 14.7. The molecule has 1 fully saturated rings. The van der Waals surface area contributed by atoms with E-state index in [1.54, 1.807) is 0 Å². The maximum absolute atomic E-state index is 12.7. The number of nitrogens with two attached hydrogens (primary N) is 1. The molecule has 2 rings (SSSR count). The molecular formula is C17H26N2O2. The molecule has 4 nitrogen and oxygen atoms in total. The first-order valence-electron chi connectivity index (χ1n) is 7.91. The van der Waals surface area contributed by atoms with Crippen LogP contribution in [-0.4, -0.2) is 43.2 Å². The van der Waals surface area contributed by atoms with E-state index in [4.69, 9.17) is 10.5 Å². The van der Waals surface area contributed by atoms with Crippen molar-refractivity contribution in [2.75, 3.05) is 26.2 Å². The lowest BCUT2D eigenvalue weighted by molar-refractivity contribution is -0.136. The average molecular weight is 290 g/mol. The van der Waals surface area contributed by atoms with E-state index in [1.165, 1.54) is 0 Å². The molecule has 0 bridgehead atoms. The third kappa shape index (κ3) is 4.29. The summed E-state index contributed by atoms with van der Waals surface area (Å²) in [5, 5.41) is 0. The molecule has 21 heavy (non-hydrogen) atoms. The van der Waals surface area contributed by atoms with Gasteiger partial charge in [0.05, 0.1) is 12.0 Å². The van der Waals surface area contributed by atoms with E-state index in [-0.39, 0.29) is 17.9 Å². The van der Waals surface area contributed by atoms with Gasteiger partial charge in [0.2, 0.25) is 5.91 Å². The van der Waals surface area contributed by atoms with Crippen molar-refractivity contribution < 1.29 is 9.53 Å². The number of nitrogens with zero attached hydrogens (tertiary/aromatic N) is 1. The van der Waals surface area contributed by atoms with Gasteiger partial charge in [-0.3, -0.25) is 4.79 Å². The van der Waals surface area contributed by atoms with Gasteiger partial charge in [-0.15, -0.1) is 0 Å². The number of carbonyl (C=O) groups excluding carboxylic acids is 1. The minimum atomic E-state index is -0.240. The van der Waals surface area contributed by atoms with Crippen molar-refractivity contribution >= 4 is 5.91 Å². The quantitative estimate of drug-likeness (QED) is 0.873. The van der Waals surface area contributed by atoms with Crippen molar-refractivity contribution in [3.05, 3.63) is 35.9 Å². The molecule has 116 valence electrons. The number of likely N-dealkylation sites (tertiary alicyclic amines) is 1. The summed E-state index contributed by atoms with van der Waals surface area (Å²) in [6.45, 7) is 4.73. The highest BCUT2D eigenvalue weighted by Gasteiger charge is 2.29. The summed E-state index contributed by atoms with van der Waals surface area (Å²) in [6, 6.07) is 9.81. The zero-order chi connectivity index (χ0) is 15.1. The molecule has 1 aliphatic heterocycles. The first-order chi connectivity index (χ1) is 10.3. The molecule has 2 N–H and O–H groups in total. The van der Waals surface area contributed by atoms with Crippen LogP contribution in [0.25, 0.3) is 0 Å². The summed E-state index contributed by atoms with van der Waals surface area (Å²) < 4.78 is 5.81. The lowest BCUT2D eigenvalue weighted by Gasteiger charge is -2.34. The molecule has 0 radical (unpaired) electrons. The van der Waals surface area contributed by atoms with Crippen LogP contribution in [0.2, 0.25) is 0 Å². The SMILES string of the molecule is CCCOC1CCCN(C(=O)C(CN)c2ccccc2)C1. The van der Waals surface area contributed by atoms with Crippen molar-refractivity contribution in [1.29, 1.82) is 0 Å². The number of hydrogen-bond donors (Lipinski definition) is 1. The third-order valence-corrected chi connectivity index (χ3v) is 3.98. The van der Waals surface area contributed by atoms with Crippen LogP contribution in [0.5, 0.6) is 0 Å². The molecule has 4 heteroatoms. The Morgan fingerprint density at radius 3 is 2.86 bits per heavy atom. The second-order valence-corrected chi connectivity index (χ2v) is 5.62. The summed E-state index contributed by atoms with van der Waals surface area (Å²) >= 11 is 0. The number of amides is 1. The fourth-order valence-electron chi connectivity index (χ4n) is 2.84. The van der Waals surface area contributed by atoms with Gasteiger partial charge in [-0.05, 0) is 24.8 Å².